The van der Waals surface area contributed by atoms with E-state index in [0.717, 1.165) is 0 Å². The van der Waals surface area contributed by atoms with Gasteiger partial charge in [-0.05, 0) is 58.6 Å². The smallest absolute Gasteiger partial charge is 0.121 e. The summed E-state index contributed by atoms with van der Waals surface area (Å²) in [5, 5.41) is 0. The summed E-state index contributed by atoms with van der Waals surface area (Å²) < 4.78 is 11.8. The lowest BCUT2D eigenvalue weighted by Gasteiger charge is -2.26. The van der Waals surface area contributed by atoms with Crippen LogP contribution in [0.4, 0.5) is 0 Å². The molecule has 0 radical (unpaired) electrons. The second-order valence-corrected chi connectivity index (χ2v) is 8.73. The van der Waals surface area contributed by atoms with E-state index in [9.17, 15) is 0 Å². The minimum absolute atomic E-state index is 0.0105. The summed E-state index contributed by atoms with van der Waals surface area (Å²) in [6.07, 6.45) is 3.75. The van der Waals surface area contributed by atoms with Crippen molar-refractivity contribution >= 4 is 0 Å². The topological polar surface area (TPSA) is 18.5 Å². The standard InChI is InChI=1S/C27H38O2/c1-19(2)24-16-25(20(3)4)27(26(17-24)21(5)6)22(7)29-15-11-14-28-18-23-12-9-8-10-13-23/h8-13,15-17,19-22H,14,18H2,1-7H3/b15-11+/t22-/m1/s1. The van der Waals surface area contributed by atoms with Crippen LogP contribution in [0.15, 0.2) is 54.8 Å². The normalized spacial score (nSPS) is 13.0. The Morgan fingerprint density at radius 1 is 0.793 bits per heavy atom. The van der Waals surface area contributed by atoms with Crippen molar-refractivity contribution in [2.24, 2.45) is 0 Å². The van der Waals surface area contributed by atoms with Gasteiger partial charge in [-0.2, -0.15) is 0 Å². The zero-order valence-electron chi connectivity index (χ0n) is 19.2. The highest BCUT2D eigenvalue weighted by Gasteiger charge is 2.21. The minimum Gasteiger partial charge on any atom is -0.494 e. The van der Waals surface area contributed by atoms with Crippen LogP contribution in [-0.2, 0) is 16.1 Å². The highest BCUT2D eigenvalue weighted by atomic mass is 16.5. The van der Waals surface area contributed by atoms with Crippen molar-refractivity contribution in [1.82, 2.24) is 0 Å². The highest BCUT2D eigenvalue weighted by Crippen LogP contribution is 2.36. The van der Waals surface area contributed by atoms with Gasteiger partial charge >= 0.3 is 0 Å². The summed E-state index contributed by atoms with van der Waals surface area (Å²) in [5.74, 6) is 1.45. The number of benzene rings is 2. The molecule has 2 aromatic carbocycles. The van der Waals surface area contributed by atoms with Gasteiger partial charge in [-0.3, -0.25) is 0 Å². The van der Waals surface area contributed by atoms with E-state index < -0.39 is 0 Å². The molecule has 1 atom stereocenters. The van der Waals surface area contributed by atoms with Crippen LogP contribution in [-0.4, -0.2) is 6.61 Å². The molecule has 0 N–H and O–H groups in total. The average molecular weight is 395 g/mol. The third kappa shape index (κ3) is 6.75. The molecular weight excluding hydrogens is 356 g/mol. The van der Waals surface area contributed by atoms with Gasteiger partial charge < -0.3 is 9.47 Å². The summed E-state index contributed by atoms with van der Waals surface area (Å²) >= 11 is 0. The van der Waals surface area contributed by atoms with Gasteiger partial charge in [0, 0.05) is 0 Å². The molecule has 0 saturated carbocycles. The molecule has 0 spiro atoms. The summed E-state index contributed by atoms with van der Waals surface area (Å²) in [5.41, 5.74) is 6.75. The fourth-order valence-corrected chi connectivity index (χ4v) is 3.58. The molecule has 0 unspecified atom stereocenters. The number of ether oxygens (including phenoxy) is 2. The lowest BCUT2D eigenvalue weighted by molar-refractivity contribution is 0.136. The van der Waals surface area contributed by atoms with E-state index >= 15 is 0 Å². The highest BCUT2D eigenvalue weighted by molar-refractivity contribution is 5.45. The maximum absolute atomic E-state index is 6.10. The summed E-state index contributed by atoms with van der Waals surface area (Å²) in [6, 6.07) is 15.0. The minimum atomic E-state index is 0.0105. The molecule has 2 rings (SSSR count). The van der Waals surface area contributed by atoms with Crippen molar-refractivity contribution in [2.75, 3.05) is 6.61 Å². The second-order valence-electron chi connectivity index (χ2n) is 8.73. The Balaban J connectivity index is 2.07. The van der Waals surface area contributed by atoms with E-state index in [1.807, 2.05) is 24.3 Å². The van der Waals surface area contributed by atoms with Crippen molar-refractivity contribution in [1.29, 1.82) is 0 Å². The number of rotatable bonds is 10. The van der Waals surface area contributed by atoms with E-state index in [2.05, 4.69) is 72.7 Å². The van der Waals surface area contributed by atoms with Crippen LogP contribution >= 0.6 is 0 Å². The van der Waals surface area contributed by atoms with E-state index in [1.54, 1.807) is 6.26 Å². The molecule has 0 aliphatic carbocycles. The largest absolute Gasteiger partial charge is 0.494 e. The van der Waals surface area contributed by atoms with E-state index in [-0.39, 0.29) is 6.10 Å². The SMILES string of the molecule is CC(C)c1cc(C(C)C)c([C@@H](C)O/C=C/COCc2ccccc2)c(C(C)C)c1. The van der Waals surface area contributed by atoms with Crippen LogP contribution in [0.5, 0.6) is 0 Å². The van der Waals surface area contributed by atoms with Crippen LogP contribution < -0.4 is 0 Å². The van der Waals surface area contributed by atoms with Gasteiger partial charge in [0.1, 0.15) is 6.10 Å². The Labute approximate surface area is 178 Å². The van der Waals surface area contributed by atoms with Crippen LogP contribution in [0.1, 0.15) is 100 Å². The van der Waals surface area contributed by atoms with E-state index in [4.69, 9.17) is 9.47 Å². The van der Waals surface area contributed by atoms with Crippen LogP contribution in [0.25, 0.3) is 0 Å². The summed E-state index contributed by atoms with van der Waals surface area (Å²) in [4.78, 5) is 0. The molecule has 0 aliphatic rings. The zero-order chi connectivity index (χ0) is 21.4. The summed E-state index contributed by atoms with van der Waals surface area (Å²) in [6.45, 7) is 16.9. The van der Waals surface area contributed by atoms with Crippen molar-refractivity contribution in [3.8, 4) is 0 Å². The number of hydrogen-bond donors (Lipinski definition) is 0. The first-order valence-corrected chi connectivity index (χ1v) is 10.9. The zero-order valence-corrected chi connectivity index (χ0v) is 19.2. The summed E-state index contributed by atoms with van der Waals surface area (Å²) in [7, 11) is 0. The third-order valence-electron chi connectivity index (χ3n) is 5.29. The molecule has 29 heavy (non-hydrogen) atoms. The maximum atomic E-state index is 6.10. The lowest BCUT2D eigenvalue weighted by atomic mass is 9.82. The van der Waals surface area contributed by atoms with Crippen LogP contribution in [0.3, 0.4) is 0 Å². The van der Waals surface area contributed by atoms with Gasteiger partial charge in [-0.25, -0.2) is 0 Å². The van der Waals surface area contributed by atoms with Gasteiger partial charge in [-0.15, -0.1) is 0 Å². The Bertz CT molecular complexity index is 743. The first kappa shape index (κ1) is 23.2. The van der Waals surface area contributed by atoms with Crippen molar-refractivity contribution in [2.45, 2.75) is 78.9 Å². The molecule has 158 valence electrons. The Morgan fingerprint density at radius 2 is 1.38 bits per heavy atom. The molecule has 0 fully saturated rings. The third-order valence-corrected chi connectivity index (χ3v) is 5.29. The molecule has 0 bridgehead atoms. The van der Waals surface area contributed by atoms with Gasteiger partial charge in [0.05, 0.1) is 19.5 Å². The van der Waals surface area contributed by atoms with Gasteiger partial charge in [-0.1, -0.05) is 84.0 Å². The lowest BCUT2D eigenvalue weighted by Crippen LogP contribution is -2.10. The second kappa shape index (κ2) is 11.2. The molecule has 2 aromatic rings. The van der Waals surface area contributed by atoms with Crippen molar-refractivity contribution < 1.29 is 9.47 Å². The molecule has 2 heteroatoms. The van der Waals surface area contributed by atoms with E-state index in [1.165, 1.54) is 27.8 Å². The molecule has 0 aliphatic heterocycles. The predicted molar refractivity (Wildman–Crippen MR) is 123 cm³/mol. The fraction of sp³-hybridized carbons (Fsp3) is 0.481. The van der Waals surface area contributed by atoms with Gasteiger partial charge in [0.15, 0.2) is 0 Å². The van der Waals surface area contributed by atoms with E-state index in [0.29, 0.717) is 31.0 Å². The van der Waals surface area contributed by atoms with Crippen molar-refractivity contribution in [3.05, 3.63) is 82.6 Å². The monoisotopic (exact) mass is 394 g/mol. The van der Waals surface area contributed by atoms with Gasteiger partial charge in [0.2, 0.25) is 0 Å². The van der Waals surface area contributed by atoms with Crippen LogP contribution in [0.2, 0.25) is 0 Å². The first-order valence-electron chi connectivity index (χ1n) is 10.9. The Kier molecular flexibility index (Phi) is 8.98. The molecule has 0 aromatic heterocycles. The first-order chi connectivity index (χ1) is 13.8. The van der Waals surface area contributed by atoms with Crippen molar-refractivity contribution in [3.63, 3.8) is 0 Å². The van der Waals surface area contributed by atoms with Gasteiger partial charge in [0.25, 0.3) is 0 Å². The molecule has 0 amide bonds. The maximum Gasteiger partial charge on any atom is 0.121 e. The molecule has 0 heterocycles. The van der Waals surface area contributed by atoms with Crippen LogP contribution in [0, 0.1) is 0 Å². The Hall–Kier alpha value is -2.06. The predicted octanol–water partition coefficient (Wildman–Crippen LogP) is 7.86. The average Bonchev–Trinajstić information content (AvgIpc) is 2.69. The quantitative estimate of drug-likeness (QED) is 0.301. The molecule has 2 nitrogen and oxygen atoms in total. The molecular formula is C27H38O2. The fourth-order valence-electron chi connectivity index (χ4n) is 3.58. The number of hydrogen-bond acceptors (Lipinski definition) is 2. The molecule has 0 saturated heterocycles. The Morgan fingerprint density at radius 3 is 1.90 bits per heavy atom.